The van der Waals surface area contributed by atoms with E-state index in [0.29, 0.717) is 36.9 Å². The molecule has 5 aromatic rings. The number of fused-ring (bicyclic) bond motifs is 1. The van der Waals surface area contributed by atoms with E-state index < -0.39 is 0 Å². The Bertz CT molecular complexity index is 1650. The van der Waals surface area contributed by atoms with E-state index in [2.05, 4.69) is 10.0 Å². The predicted molar refractivity (Wildman–Crippen MR) is 169 cm³/mol. The average Bonchev–Trinajstić information content (AvgIpc) is 3.45. The number of hydroxylamine groups is 1. The number of unbranched alkanes of at least 4 members (excludes halogenated alkanes) is 2. The van der Waals surface area contributed by atoms with Gasteiger partial charge in [-0.05, 0) is 37.0 Å². The topological polar surface area (TPSA) is 93.1 Å². The highest BCUT2D eigenvalue weighted by atomic mass is 16.6. The Morgan fingerprint density at radius 1 is 0.795 bits per heavy atom. The molecule has 0 aliphatic carbocycles. The van der Waals surface area contributed by atoms with Gasteiger partial charge in [0, 0.05) is 30.2 Å². The van der Waals surface area contributed by atoms with Gasteiger partial charge in [0.2, 0.25) is 11.7 Å². The molecule has 0 fully saturated rings. The highest BCUT2D eigenvalue weighted by Crippen LogP contribution is 2.41. The molecule has 0 saturated carbocycles. The Labute approximate surface area is 257 Å². The molecule has 1 aromatic heterocycles. The maximum absolute atomic E-state index is 12.1. The molecule has 9 heteroatoms. The number of hydrogen-bond donors (Lipinski definition) is 1. The normalized spacial score (nSPS) is 10.9. The van der Waals surface area contributed by atoms with Crippen LogP contribution in [0.25, 0.3) is 28.1 Å². The summed E-state index contributed by atoms with van der Waals surface area (Å²) in [6, 6.07) is 29.5. The van der Waals surface area contributed by atoms with E-state index in [1.54, 1.807) is 21.3 Å². The molecule has 0 radical (unpaired) electrons. The number of benzene rings is 4. The van der Waals surface area contributed by atoms with Gasteiger partial charge in [0.1, 0.15) is 11.6 Å². The second-order valence-electron chi connectivity index (χ2n) is 10.1. The minimum Gasteiger partial charge on any atom is -0.494 e. The Hall–Kier alpha value is -5.02. The van der Waals surface area contributed by atoms with Crippen LogP contribution in [0.2, 0.25) is 0 Å². The standard InChI is InChI=1S/C35H37N3O6/c1-40-31-21-27(22-32(41-2)34(31)42-3)38-30-23-28(18-19-29(30)36-35(38)26-15-9-5-10-16-26)43-20-12-6-11-17-33(39)37-44-24-25-13-7-4-8-14-25/h4-5,7-10,13-16,18-19,21-23H,6,11-12,17,20,24H2,1-3H3,(H,37,39). The molecule has 4 aromatic carbocycles. The van der Waals surface area contributed by atoms with E-state index in [-0.39, 0.29) is 5.91 Å². The van der Waals surface area contributed by atoms with E-state index in [9.17, 15) is 4.79 Å². The third-order valence-electron chi connectivity index (χ3n) is 7.15. The lowest BCUT2D eigenvalue weighted by atomic mass is 10.2. The number of methoxy groups -OCH3 is 3. The molecule has 0 unspecified atom stereocenters. The van der Waals surface area contributed by atoms with E-state index in [0.717, 1.165) is 58.7 Å². The molecular formula is C35H37N3O6. The lowest BCUT2D eigenvalue weighted by molar-refractivity contribution is -0.134. The second kappa shape index (κ2) is 14.9. The van der Waals surface area contributed by atoms with Gasteiger partial charge in [0.15, 0.2) is 11.5 Å². The smallest absolute Gasteiger partial charge is 0.243 e. The molecular weight excluding hydrogens is 558 g/mol. The van der Waals surface area contributed by atoms with Crippen LogP contribution in [-0.4, -0.2) is 43.4 Å². The van der Waals surface area contributed by atoms with Crippen molar-refractivity contribution in [3.63, 3.8) is 0 Å². The Balaban J connectivity index is 1.25. The van der Waals surface area contributed by atoms with Crippen LogP contribution in [0.15, 0.2) is 91.0 Å². The maximum atomic E-state index is 12.1. The molecule has 0 bridgehead atoms. The molecule has 1 heterocycles. The van der Waals surface area contributed by atoms with Gasteiger partial charge in [-0.3, -0.25) is 14.2 Å². The quantitative estimate of drug-likeness (QED) is 0.104. The van der Waals surface area contributed by atoms with Crippen LogP contribution in [-0.2, 0) is 16.2 Å². The van der Waals surface area contributed by atoms with Crippen molar-refractivity contribution in [2.75, 3.05) is 27.9 Å². The molecule has 1 amide bonds. The van der Waals surface area contributed by atoms with Crippen LogP contribution < -0.4 is 24.4 Å². The SMILES string of the molecule is COc1cc(-n2c(-c3ccccc3)nc3ccc(OCCCCCC(=O)NOCc4ccccc4)cc32)cc(OC)c1OC. The fraction of sp³-hybridized carbons (Fsp3) is 0.257. The van der Waals surface area contributed by atoms with Gasteiger partial charge in [0.25, 0.3) is 0 Å². The van der Waals surface area contributed by atoms with E-state index in [1.165, 1.54) is 0 Å². The maximum Gasteiger partial charge on any atom is 0.243 e. The molecule has 0 aliphatic rings. The zero-order chi connectivity index (χ0) is 30.7. The Morgan fingerprint density at radius 3 is 2.18 bits per heavy atom. The number of nitrogens with zero attached hydrogens (tertiary/aromatic N) is 2. The van der Waals surface area contributed by atoms with Crippen LogP contribution >= 0.6 is 0 Å². The zero-order valence-electron chi connectivity index (χ0n) is 25.2. The van der Waals surface area contributed by atoms with Crippen molar-refractivity contribution in [2.24, 2.45) is 0 Å². The van der Waals surface area contributed by atoms with Crippen molar-refractivity contribution in [2.45, 2.75) is 32.3 Å². The Morgan fingerprint density at radius 2 is 1.50 bits per heavy atom. The number of aromatic nitrogens is 2. The summed E-state index contributed by atoms with van der Waals surface area (Å²) in [5, 5.41) is 0. The lowest BCUT2D eigenvalue weighted by Crippen LogP contribution is -2.23. The van der Waals surface area contributed by atoms with Crippen LogP contribution in [0.3, 0.4) is 0 Å². The van der Waals surface area contributed by atoms with Crippen molar-refractivity contribution in [1.82, 2.24) is 15.0 Å². The van der Waals surface area contributed by atoms with E-state index in [4.69, 9.17) is 28.8 Å². The van der Waals surface area contributed by atoms with Crippen LogP contribution in [0.1, 0.15) is 31.2 Å². The first kappa shape index (κ1) is 30.4. The summed E-state index contributed by atoms with van der Waals surface area (Å²) < 4.78 is 25.0. The summed E-state index contributed by atoms with van der Waals surface area (Å²) in [6.07, 6.45) is 2.82. The molecule has 0 spiro atoms. The number of imidazole rings is 1. The number of rotatable bonds is 15. The number of carbonyl (C=O) groups excluding carboxylic acids is 1. The van der Waals surface area contributed by atoms with Crippen LogP contribution in [0, 0.1) is 0 Å². The van der Waals surface area contributed by atoms with Crippen molar-refractivity contribution in [3.8, 4) is 40.1 Å². The Kier molecular flexibility index (Phi) is 10.3. The molecule has 0 aliphatic heterocycles. The number of carbonyl (C=O) groups is 1. The van der Waals surface area contributed by atoms with Gasteiger partial charge in [-0.15, -0.1) is 0 Å². The third kappa shape index (κ3) is 7.30. The first-order valence-electron chi connectivity index (χ1n) is 14.6. The number of hydrogen-bond acceptors (Lipinski definition) is 7. The molecule has 228 valence electrons. The van der Waals surface area contributed by atoms with Crippen molar-refractivity contribution < 1.29 is 28.6 Å². The van der Waals surface area contributed by atoms with Crippen molar-refractivity contribution in [1.29, 1.82) is 0 Å². The summed E-state index contributed by atoms with van der Waals surface area (Å²) in [7, 11) is 4.79. The number of ether oxygens (including phenoxy) is 4. The summed E-state index contributed by atoms with van der Waals surface area (Å²) in [5.41, 5.74) is 7.00. The summed E-state index contributed by atoms with van der Waals surface area (Å²) in [4.78, 5) is 22.4. The third-order valence-corrected chi connectivity index (χ3v) is 7.15. The second-order valence-corrected chi connectivity index (χ2v) is 10.1. The lowest BCUT2D eigenvalue weighted by Gasteiger charge is -2.16. The molecule has 1 N–H and O–H groups in total. The molecule has 0 atom stereocenters. The number of nitrogens with one attached hydrogen (secondary N) is 1. The van der Waals surface area contributed by atoms with Gasteiger partial charge >= 0.3 is 0 Å². The minimum atomic E-state index is -0.124. The fourth-order valence-electron chi connectivity index (χ4n) is 4.96. The first-order valence-corrected chi connectivity index (χ1v) is 14.6. The summed E-state index contributed by atoms with van der Waals surface area (Å²) in [6.45, 7) is 0.873. The van der Waals surface area contributed by atoms with Gasteiger partial charge in [-0.1, -0.05) is 60.7 Å². The molecule has 44 heavy (non-hydrogen) atoms. The predicted octanol–water partition coefficient (Wildman–Crippen LogP) is 6.91. The highest BCUT2D eigenvalue weighted by molar-refractivity contribution is 5.85. The summed E-state index contributed by atoms with van der Waals surface area (Å²) >= 11 is 0. The van der Waals surface area contributed by atoms with E-state index >= 15 is 0 Å². The molecule has 0 saturated heterocycles. The first-order chi connectivity index (χ1) is 21.6. The average molecular weight is 596 g/mol. The highest BCUT2D eigenvalue weighted by Gasteiger charge is 2.20. The van der Waals surface area contributed by atoms with Crippen molar-refractivity contribution in [3.05, 3.63) is 96.6 Å². The zero-order valence-corrected chi connectivity index (χ0v) is 25.2. The van der Waals surface area contributed by atoms with Gasteiger partial charge < -0.3 is 18.9 Å². The molecule has 5 rings (SSSR count). The van der Waals surface area contributed by atoms with Crippen LogP contribution in [0.4, 0.5) is 0 Å². The number of amides is 1. The van der Waals surface area contributed by atoms with Gasteiger partial charge in [-0.2, -0.15) is 0 Å². The van der Waals surface area contributed by atoms with Gasteiger partial charge in [-0.25, -0.2) is 10.5 Å². The minimum absolute atomic E-state index is 0.124. The van der Waals surface area contributed by atoms with Gasteiger partial charge in [0.05, 0.1) is 51.3 Å². The van der Waals surface area contributed by atoms with Crippen molar-refractivity contribution >= 4 is 16.9 Å². The largest absolute Gasteiger partial charge is 0.494 e. The monoisotopic (exact) mass is 595 g/mol. The summed E-state index contributed by atoms with van der Waals surface area (Å²) in [5.74, 6) is 3.00. The molecule has 9 nitrogen and oxygen atoms in total. The fourth-order valence-corrected chi connectivity index (χ4v) is 4.96. The van der Waals surface area contributed by atoms with Crippen LogP contribution in [0.5, 0.6) is 23.0 Å². The van der Waals surface area contributed by atoms with E-state index in [1.807, 2.05) is 91.0 Å².